The first kappa shape index (κ1) is 26.3. The van der Waals surface area contributed by atoms with E-state index < -0.39 is 64.5 Å². The fraction of sp³-hybridized carbons (Fsp3) is 0.286. The van der Waals surface area contributed by atoms with Gasteiger partial charge in [0.25, 0.3) is 5.69 Å². The van der Waals surface area contributed by atoms with Gasteiger partial charge in [-0.05, 0) is 12.1 Å². The van der Waals surface area contributed by atoms with E-state index in [-0.39, 0.29) is 11.3 Å². The summed E-state index contributed by atoms with van der Waals surface area (Å²) in [5.74, 6) is -24.4. The predicted octanol–water partition coefficient (Wildman–Crippen LogP) is 4.29. The zero-order valence-electron chi connectivity index (χ0n) is 15.0. The molecule has 2 rings (SSSR count). The Kier molecular flexibility index (Phi) is 6.47. The predicted molar refractivity (Wildman–Crippen MR) is 90.2 cm³/mol. The van der Waals surface area contributed by atoms with E-state index >= 15 is 0 Å². The number of rotatable bonds is 7. The SMILES string of the molecule is O=C(Nc1ncc(S(=O)(=O)c2ccc([N+](=O)[O-])cc2)s1)C(F)(F)C(F)(F)C(F)(F)C(F)(F)F. The molecule has 0 saturated heterocycles. The molecule has 0 unspecified atom stereocenters. The molecule has 0 fully saturated rings. The van der Waals surface area contributed by atoms with Crippen molar-refractivity contribution in [3.05, 3.63) is 40.6 Å². The average Bonchev–Trinajstić information content (AvgIpc) is 3.16. The molecule has 0 saturated carbocycles. The second kappa shape index (κ2) is 8.12. The summed E-state index contributed by atoms with van der Waals surface area (Å²) >= 11 is -0.140. The highest BCUT2D eigenvalue weighted by Gasteiger charge is 2.83. The van der Waals surface area contributed by atoms with Crippen molar-refractivity contribution in [1.29, 1.82) is 0 Å². The number of thiazole rings is 1. The first-order valence-electron chi connectivity index (χ1n) is 7.74. The van der Waals surface area contributed by atoms with Crippen LogP contribution in [0.15, 0.2) is 39.6 Å². The van der Waals surface area contributed by atoms with Gasteiger partial charge in [-0.2, -0.15) is 39.5 Å². The number of alkyl halides is 9. The highest BCUT2D eigenvalue weighted by molar-refractivity contribution is 7.93. The zero-order chi connectivity index (χ0) is 25.6. The van der Waals surface area contributed by atoms with Crippen LogP contribution in [0.1, 0.15) is 0 Å². The van der Waals surface area contributed by atoms with Gasteiger partial charge in [-0.1, -0.05) is 11.3 Å². The maximum atomic E-state index is 13.6. The summed E-state index contributed by atoms with van der Waals surface area (Å²) in [6.07, 6.45) is -6.70. The van der Waals surface area contributed by atoms with E-state index in [1.54, 1.807) is 0 Å². The first-order chi connectivity index (χ1) is 14.8. The van der Waals surface area contributed by atoms with E-state index in [1.807, 2.05) is 0 Å². The fourth-order valence-corrected chi connectivity index (χ4v) is 4.43. The maximum absolute atomic E-state index is 13.6. The molecule has 1 amide bonds. The molecular weight excluding hydrogens is 525 g/mol. The molecule has 0 aliphatic rings. The summed E-state index contributed by atoms with van der Waals surface area (Å²) in [5.41, 5.74) is -0.495. The lowest BCUT2D eigenvalue weighted by atomic mass is 10.0. The second-order valence-corrected chi connectivity index (χ2v) is 9.12. The molecule has 1 aromatic heterocycles. The number of non-ortho nitro benzene ring substituents is 1. The third-order valence-corrected chi connectivity index (χ3v) is 6.90. The third-order valence-electron chi connectivity index (χ3n) is 3.76. The number of carbonyl (C=O) groups is 1. The van der Waals surface area contributed by atoms with Crippen LogP contribution in [-0.2, 0) is 14.6 Å². The minimum absolute atomic E-state index is 0.140. The van der Waals surface area contributed by atoms with Crippen molar-refractivity contribution in [3.8, 4) is 0 Å². The van der Waals surface area contributed by atoms with Gasteiger partial charge in [0.05, 0.1) is 16.0 Å². The van der Waals surface area contributed by atoms with Crippen LogP contribution in [0, 0.1) is 10.1 Å². The van der Waals surface area contributed by atoms with E-state index in [4.69, 9.17) is 0 Å². The molecule has 19 heteroatoms. The van der Waals surface area contributed by atoms with Crippen LogP contribution >= 0.6 is 11.3 Å². The standard InChI is InChI=1S/C14H6F9N3O5S2/c15-11(16,12(17,18)13(19,20)14(21,22)23)9(27)25-10-24-5-8(32-10)33(30,31)7-3-1-6(2-4-7)26(28)29/h1-5H,(H,24,25,27). The Morgan fingerprint density at radius 3 is 1.94 bits per heavy atom. The van der Waals surface area contributed by atoms with Crippen molar-refractivity contribution in [2.75, 3.05) is 5.32 Å². The Morgan fingerprint density at radius 1 is 0.970 bits per heavy atom. The van der Waals surface area contributed by atoms with Crippen molar-refractivity contribution in [1.82, 2.24) is 4.98 Å². The minimum Gasteiger partial charge on any atom is -0.296 e. The summed E-state index contributed by atoms with van der Waals surface area (Å²) in [5, 5.41) is 10.3. The van der Waals surface area contributed by atoms with Gasteiger partial charge < -0.3 is 0 Å². The van der Waals surface area contributed by atoms with E-state index in [0.29, 0.717) is 6.20 Å². The van der Waals surface area contributed by atoms with Crippen molar-refractivity contribution in [2.24, 2.45) is 0 Å². The lowest BCUT2D eigenvalue weighted by Crippen LogP contribution is -2.64. The number of sulfone groups is 1. The normalized spacial score (nSPS) is 13.6. The molecule has 0 radical (unpaired) electrons. The highest BCUT2D eigenvalue weighted by atomic mass is 32.2. The molecule has 0 atom stereocenters. The van der Waals surface area contributed by atoms with E-state index in [0.717, 1.165) is 29.6 Å². The van der Waals surface area contributed by atoms with Crippen LogP contribution in [0.4, 0.5) is 50.3 Å². The second-order valence-electron chi connectivity index (χ2n) is 5.91. The maximum Gasteiger partial charge on any atom is 0.460 e. The van der Waals surface area contributed by atoms with Gasteiger partial charge in [-0.15, -0.1) is 0 Å². The number of hydrogen-bond acceptors (Lipinski definition) is 7. The number of nitro benzene ring substituents is 1. The molecule has 33 heavy (non-hydrogen) atoms. The molecule has 0 aliphatic carbocycles. The first-order valence-corrected chi connectivity index (χ1v) is 10.0. The number of nitrogens with one attached hydrogen (secondary N) is 1. The number of nitro groups is 1. The van der Waals surface area contributed by atoms with Gasteiger partial charge in [0.1, 0.15) is 4.21 Å². The summed E-state index contributed by atoms with van der Waals surface area (Å²) in [6, 6.07) is 3.14. The van der Waals surface area contributed by atoms with E-state index in [9.17, 15) is 62.8 Å². The van der Waals surface area contributed by atoms with Crippen LogP contribution in [0.5, 0.6) is 0 Å². The van der Waals surface area contributed by atoms with Gasteiger partial charge in [-0.25, -0.2) is 13.4 Å². The lowest BCUT2D eigenvalue weighted by Gasteiger charge is -2.32. The largest absolute Gasteiger partial charge is 0.460 e. The molecule has 2 aromatic rings. The molecule has 0 spiro atoms. The summed E-state index contributed by atoms with van der Waals surface area (Å²) < 4.78 is 140. The van der Waals surface area contributed by atoms with Crippen molar-refractivity contribution in [3.63, 3.8) is 0 Å². The Balaban J connectivity index is 2.31. The van der Waals surface area contributed by atoms with E-state index in [1.165, 1.54) is 0 Å². The Labute approximate surface area is 180 Å². The van der Waals surface area contributed by atoms with Crippen LogP contribution in [0.2, 0.25) is 0 Å². The fourth-order valence-electron chi connectivity index (χ4n) is 2.00. The van der Waals surface area contributed by atoms with Crippen LogP contribution < -0.4 is 5.32 Å². The number of anilines is 1. The number of aromatic nitrogens is 1. The number of nitrogens with zero attached hydrogens (tertiary/aromatic N) is 2. The molecule has 0 aliphatic heterocycles. The topological polar surface area (TPSA) is 119 Å². The molecule has 0 bridgehead atoms. The van der Waals surface area contributed by atoms with Crippen molar-refractivity contribution in [2.45, 2.75) is 33.0 Å². The van der Waals surface area contributed by atoms with Gasteiger partial charge >= 0.3 is 29.9 Å². The number of carbonyl (C=O) groups excluding carboxylic acids is 1. The molecule has 1 heterocycles. The average molecular weight is 531 g/mol. The van der Waals surface area contributed by atoms with Crippen LogP contribution in [0.25, 0.3) is 0 Å². The quantitative estimate of drug-likeness (QED) is 0.324. The summed E-state index contributed by atoms with van der Waals surface area (Å²) in [7, 11) is -4.53. The van der Waals surface area contributed by atoms with Gasteiger partial charge in [0.15, 0.2) is 5.13 Å². The minimum atomic E-state index is -7.30. The Hall–Kier alpha value is -2.96. The van der Waals surface area contributed by atoms with Crippen molar-refractivity contribution < 1.29 is 57.6 Å². The van der Waals surface area contributed by atoms with E-state index in [2.05, 4.69) is 4.98 Å². The monoisotopic (exact) mass is 531 g/mol. The summed E-state index contributed by atoms with van der Waals surface area (Å²) in [6.45, 7) is 0. The zero-order valence-corrected chi connectivity index (χ0v) is 16.7. The molecule has 1 aromatic carbocycles. The van der Waals surface area contributed by atoms with Gasteiger partial charge in [0.2, 0.25) is 9.84 Å². The van der Waals surface area contributed by atoms with Crippen LogP contribution in [-0.4, -0.2) is 48.2 Å². The highest BCUT2D eigenvalue weighted by Crippen LogP contribution is 2.53. The smallest absolute Gasteiger partial charge is 0.296 e. The van der Waals surface area contributed by atoms with Gasteiger partial charge in [0, 0.05) is 12.1 Å². The summed E-state index contributed by atoms with van der Waals surface area (Å²) in [4.78, 5) is 23.7. The Bertz CT molecular complexity index is 1180. The number of hydrogen-bond donors (Lipinski definition) is 1. The molecule has 1 N–H and O–H groups in total. The molecular formula is C14H6F9N3O5S2. The molecule has 8 nitrogen and oxygen atoms in total. The van der Waals surface area contributed by atoms with Crippen molar-refractivity contribution >= 4 is 37.9 Å². The lowest BCUT2D eigenvalue weighted by molar-refractivity contribution is -0.388. The number of amides is 1. The number of halogens is 9. The third kappa shape index (κ3) is 4.45. The van der Waals surface area contributed by atoms with Gasteiger partial charge in [-0.3, -0.25) is 20.2 Å². The molecule has 182 valence electrons. The Morgan fingerprint density at radius 2 is 1.48 bits per heavy atom. The van der Waals surface area contributed by atoms with Crippen LogP contribution in [0.3, 0.4) is 0 Å². The number of benzene rings is 1.